The molecule has 12 rings (SSSR count). The van der Waals surface area contributed by atoms with Gasteiger partial charge in [-0.2, -0.15) is 0 Å². The molecule has 1 aliphatic carbocycles. The van der Waals surface area contributed by atoms with Gasteiger partial charge in [-0.05, 0) is 103 Å². The van der Waals surface area contributed by atoms with Crippen LogP contribution in [0.15, 0.2) is 229 Å². The predicted molar refractivity (Wildman–Crippen MR) is 246 cm³/mol. The maximum atomic E-state index is 6.78. The van der Waals surface area contributed by atoms with E-state index in [1.165, 1.54) is 55.3 Å². The monoisotopic (exact) mass is 751 g/mol. The van der Waals surface area contributed by atoms with Gasteiger partial charge in [0.05, 0.1) is 11.1 Å². The normalized spacial score (nSPS) is 12.9. The van der Waals surface area contributed by atoms with Gasteiger partial charge >= 0.3 is 0 Å². The smallest absolute Gasteiger partial charge is 0.145 e. The summed E-state index contributed by atoms with van der Waals surface area (Å²) in [7, 11) is 0. The highest BCUT2D eigenvalue weighted by molar-refractivity contribution is 6.19. The summed E-state index contributed by atoms with van der Waals surface area (Å²) in [6.45, 7) is 0. The summed E-state index contributed by atoms with van der Waals surface area (Å²) in [6, 6.07) is 81.8. The van der Waals surface area contributed by atoms with Crippen LogP contribution in [-0.2, 0) is 5.41 Å². The van der Waals surface area contributed by atoms with Crippen LogP contribution >= 0.6 is 0 Å². The lowest BCUT2D eigenvalue weighted by molar-refractivity contribution is 0.672. The Bertz CT molecular complexity index is 3340. The second-order valence-electron chi connectivity index (χ2n) is 15.6. The first-order valence-corrected chi connectivity index (χ1v) is 20.3. The Morgan fingerprint density at radius 3 is 1.80 bits per heavy atom. The van der Waals surface area contributed by atoms with Crippen molar-refractivity contribution in [1.29, 1.82) is 0 Å². The Morgan fingerprint density at radius 1 is 0.373 bits per heavy atom. The molecule has 0 amide bonds. The van der Waals surface area contributed by atoms with Gasteiger partial charge in [-0.1, -0.05) is 182 Å². The highest BCUT2D eigenvalue weighted by Gasteiger charge is 2.46. The number of anilines is 3. The van der Waals surface area contributed by atoms with E-state index in [0.717, 1.165) is 49.8 Å². The van der Waals surface area contributed by atoms with Gasteiger partial charge in [-0.15, -0.1) is 0 Å². The topological polar surface area (TPSA) is 16.4 Å². The van der Waals surface area contributed by atoms with Crippen molar-refractivity contribution in [3.63, 3.8) is 0 Å². The van der Waals surface area contributed by atoms with Gasteiger partial charge in [0.2, 0.25) is 0 Å². The standard InChI is InChI=1S/C57H37NO/c1-3-18-41(19-4-1)57(42-20-5-2-6-21-42)51-26-11-9-23-47(51)48-36-34-44(37-52(48)57)58(43-32-29-39(30-33-43)46-25-13-16-38-15-7-8-22-45(38)46)53-27-14-17-40-31-35-50-49-24-10-12-28-54(49)59-56(50)55(40)53/h1-37H. The summed E-state index contributed by atoms with van der Waals surface area (Å²) in [4.78, 5) is 2.44. The van der Waals surface area contributed by atoms with Gasteiger partial charge in [-0.3, -0.25) is 0 Å². The Labute approximate surface area is 342 Å². The van der Waals surface area contributed by atoms with Gasteiger partial charge in [0, 0.05) is 27.5 Å². The Kier molecular flexibility index (Phi) is 7.48. The first-order chi connectivity index (χ1) is 29.3. The van der Waals surface area contributed by atoms with E-state index in [9.17, 15) is 0 Å². The second-order valence-corrected chi connectivity index (χ2v) is 15.6. The van der Waals surface area contributed by atoms with Crippen LogP contribution in [0.3, 0.4) is 0 Å². The molecule has 0 atom stereocenters. The van der Waals surface area contributed by atoms with Crippen LogP contribution < -0.4 is 4.90 Å². The van der Waals surface area contributed by atoms with Gasteiger partial charge in [0.25, 0.3) is 0 Å². The van der Waals surface area contributed by atoms with Crippen LogP contribution in [0.5, 0.6) is 0 Å². The SMILES string of the molecule is c1ccc(C2(c3ccccc3)c3ccccc3-c3ccc(N(c4ccc(-c5cccc6ccccc56)cc4)c4cccc5ccc6c7ccccc7oc6c45)cc32)cc1. The third kappa shape index (κ3) is 5.00. The summed E-state index contributed by atoms with van der Waals surface area (Å²) < 4.78 is 6.78. The van der Waals surface area contributed by atoms with Crippen molar-refractivity contribution in [2.75, 3.05) is 4.90 Å². The molecule has 0 spiro atoms. The van der Waals surface area contributed by atoms with Crippen molar-refractivity contribution in [1.82, 2.24) is 0 Å². The molecule has 2 heteroatoms. The van der Waals surface area contributed by atoms with Crippen molar-refractivity contribution in [2.24, 2.45) is 0 Å². The Hall–Kier alpha value is -7.68. The molecule has 276 valence electrons. The number of nitrogens with zero attached hydrogens (tertiary/aromatic N) is 1. The average Bonchev–Trinajstić information content (AvgIpc) is 3.84. The molecule has 10 aromatic carbocycles. The summed E-state index contributed by atoms with van der Waals surface area (Å²) in [5.74, 6) is 0. The number of rotatable bonds is 6. The maximum Gasteiger partial charge on any atom is 0.145 e. The lowest BCUT2D eigenvalue weighted by Crippen LogP contribution is -2.28. The number of hydrogen-bond donors (Lipinski definition) is 0. The lowest BCUT2D eigenvalue weighted by Gasteiger charge is -2.35. The molecule has 0 N–H and O–H groups in total. The van der Waals surface area contributed by atoms with Crippen molar-refractivity contribution in [3.8, 4) is 22.3 Å². The van der Waals surface area contributed by atoms with Crippen LogP contribution in [0, 0.1) is 0 Å². The fraction of sp³-hybridized carbons (Fsp3) is 0.0175. The zero-order valence-electron chi connectivity index (χ0n) is 32.2. The molecule has 2 nitrogen and oxygen atoms in total. The van der Waals surface area contributed by atoms with Gasteiger partial charge in [-0.25, -0.2) is 0 Å². The molecule has 11 aromatic rings. The van der Waals surface area contributed by atoms with E-state index >= 15 is 0 Å². The van der Waals surface area contributed by atoms with E-state index in [1.54, 1.807) is 0 Å². The molecule has 0 saturated heterocycles. The third-order valence-electron chi connectivity index (χ3n) is 12.5. The number of furan rings is 1. The number of hydrogen-bond acceptors (Lipinski definition) is 2. The first kappa shape index (κ1) is 33.5. The second kappa shape index (κ2) is 13.2. The summed E-state index contributed by atoms with van der Waals surface area (Å²) in [6.07, 6.45) is 0. The van der Waals surface area contributed by atoms with Crippen LogP contribution in [0.2, 0.25) is 0 Å². The van der Waals surface area contributed by atoms with Gasteiger partial charge in [0.15, 0.2) is 0 Å². The highest BCUT2D eigenvalue weighted by Crippen LogP contribution is 2.57. The largest absolute Gasteiger partial charge is 0.455 e. The number of fused-ring (bicyclic) bond motifs is 9. The van der Waals surface area contributed by atoms with Gasteiger partial charge in [0.1, 0.15) is 11.2 Å². The molecule has 0 saturated carbocycles. The Morgan fingerprint density at radius 2 is 0.983 bits per heavy atom. The summed E-state index contributed by atoms with van der Waals surface area (Å²) in [5, 5.41) is 6.93. The van der Waals surface area contributed by atoms with E-state index in [4.69, 9.17) is 4.42 Å². The van der Waals surface area contributed by atoms with E-state index in [-0.39, 0.29) is 0 Å². The van der Waals surface area contributed by atoms with E-state index in [2.05, 4.69) is 223 Å². The van der Waals surface area contributed by atoms with Crippen molar-refractivity contribution in [3.05, 3.63) is 247 Å². The van der Waals surface area contributed by atoms with E-state index < -0.39 is 5.41 Å². The predicted octanol–water partition coefficient (Wildman–Crippen LogP) is 15.4. The summed E-state index contributed by atoms with van der Waals surface area (Å²) >= 11 is 0. The quantitative estimate of drug-likeness (QED) is 0.168. The molecular formula is C57H37NO. The maximum absolute atomic E-state index is 6.78. The third-order valence-corrected chi connectivity index (χ3v) is 12.5. The number of para-hydroxylation sites is 1. The zero-order valence-corrected chi connectivity index (χ0v) is 32.2. The molecule has 0 unspecified atom stereocenters. The van der Waals surface area contributed by atoms with E-state index in [1.807, 2.05) is 6.07 Å². The molecule has 0 radical (unpaired) electrons. The van der Waals surface area contributed by atoms with Crippen LogP contribution in [0.4, 0.5) is 17.1 Å². The average molecular weight is 752 g/mol. The van der Waals surface area contributed by atoms with Crippen LogP contribution in [0.1, 0.15) is 22.3 Å². The molecule has 1 aromatic heterocycles. The zero-order chi connectivity index (χ0) is 38.9. The molecule has 59 heavy (non-hydrogen) atoms. The minimum Gasteiger partial charge on any atom is -0.455 e. The number of benzene rings is 10. The fourth-order valence-electron chi connectivity index (χ4n) is 9.99. The molecular weight excluding hydrogens is 715 g/mol. The minimum absolute atomic E-state index is 0.529. The van der Waals surface area contributed by atoms with Crippen LogP contribution in [0.25, 0.3) is 65.7 Å². The van der Waals surface area contributed by atoms with Crippen molar-refractivity contribution in [2.45, 2.75) is 5.41 Å². The molecule has 0 fully saturated rings. The lowest BCUT2D eigenvalue weighted by atomic mass is 9.67. The molecule has 0 bridgehead atoms. The highest BCUT2D eigenvalue weighted by atomic mass is 16.3. The molecule has 0 aliphatic heterocycles. The van der Waals surface area contributed by atoms with Crippen molar-refractivity contribution >= 4 is 60.5 Å². The van der Waals surface area contributed by atoms with Crippen molar-refractivity contribution < 1.29 is 4.42 Å². The first-order valence-electron chi connectivity index (χ1n) is 20.3. The summed E-state index contributed by atoms with van der Waals surface area (Å²) in [5.41, 5.74) is 14.4. The van der Waals surface area contributed by atoms with E-state index in [0.29, 0.717) is 0 Å². The minimum atomic E-state index is -0.529. The van der Waals surface area contributed by atoms with Gasteiger partial charge < -0.3 is 9.32 Å². The Balaban J connectivity index is 1.14. The molecule has 1 heterocycles. The van der Waals surface area contributed by atoms with Crippen LogP contribution in [-0.4, -0.2) is 0 Å². The molecule has 1 aliphatic rings. The fourth-order valence-corrected chi connectivity index (χ4v) is 9.99.